The maximum Gasteiger partial charge on any atom is 0.0462 e. The van der Waals surface area contributed by atoms with Gasteiger partial charge in [0.2, 0.25) is 0 Å². The molecule has 0 aliphatic carbocycles. The smallest absolute Gasteiger partial charge is 0.0462 e. The minimum absolute atomic E-state index is 1.10. The molecule has 0 unspecified atom stereocenters. The summed E-state index contributed by atoms with van der Waals surface area (Å²) in [6.07, 6.45) is 0. The summed E-state index contributed by atoms with van der Waals surface area (Å²) in [5.41, 5.74) is 10.6. The predicted octanol–water partition coefficient (Wildman–Crippen LogP) is 17.9. The second-order valence-electron chi connectivity index (χ2n) is 15.6. The Morgan fingerprint density at radius 3 is 1.14 bits per heavy atom. The first-order valence-electron chi connectivity index (χ1n) is 21.3. The fourth-order valence-electron chi connectivity index (χ4n) is 8.91. The van der Waals surface area contributed by atoms with Crippen molar-refractivity contribution in [3.05, 3.63) is 249 Å². The Morgan fingerprint density at radius 1 is 0.254 bits per heavy atom. The minimum atomic E-state index is 1.10. The molecule has 0 spiro atoms. The van der Waals surface area contributed by atoms with Crippen LogP contribution in [0.1, 0.15) is 0 Å². The molecular formula is C60H41NS2. The summed E-state index contributed by atoms with van der Waals surface area (Å²) in [7, 11) is 0. The molecule has 0 amide bonds. The van der Waals surface area contributed by atoms with Crippen LogP contribution in [0.5, 0.6) is 0 Å². The van der Waals surface area contributed by atoms with Crippen LogP contribution in [-0.2, 0) is 0 Å². The van der Waals surface area contributed by atoms with Crippen LogP contribution in [0.4, 0.5) is 17.1 Å². The Kier molecular flexibility index (Phi) is 10.6. The zero-order valence-corrected chi connectivity index (χ0v) is 36.1. The van der Waals surface area contributed by atoms with Gasteiger partial charge in [-0.3, -0.25) is 0 Å². The average molecular weight is 840 g/mol. The third kappa shape index (κ3) is 7.67. The van der Waals surface area contributed by atoms with Crippen molar-refractivity contribution in [2.75, 3.05) is 4.90 Å². The fraction of sp³-hybridized carbons (Fsp3) is 0. The molecule has 0 fully saturated rings. The number of rotatable bonds is 10. The van der Waals surface area contributed by atoms with Crippen molar-refractivity contribution >= 4 is 72.9 Å². The molecule has 3 heteroatoms. The van der Waals surface area contributed by atoms with Gasteiger partial charge in [-0.2, -0.15) is 0 Å². The molecule has 0 heterocycles. The molecule has 0 saturated heterocycles. The fourth-order valence-corrected chi connectivity index (χ4v) is 10.7. The van der Waals surface area contributed by atoms with Gasteiger partial charge in [0.05, 0.1) is 0 Å². The van der Waals surface area contributed by atoms with Crippen LogP contribution in [0.3, 0.4) is 0 Å². The standard InChI is InChI=1S/C60H41NS2/c1-7-19-42(20-8-1)54-41-55(43-31-33-47(34-32-43)61(45-23-11-3-12-24-45)46-25-13-4-14-26-46)59-52-37-35-50(62-48-27-15-5-16-28-48)39-56(52)57-40-51(63-49-29-17-6-18-30-49)36-38-53(57)60(59)58(54)44-21-9-2-10-22-44/h1-41H. The van der Waals surface area contributed by atoms with Gasteiger partial charge in [-0.05, 0) is 157 Å². The third-order valence-electron chi connectivity index (χ3n) is 11.7. The van der Waals surface area contributed by atoms with Gasteiger partial charge in [-0.25, -0.2) is 0 Å². The van der Waals surface area contributed by atoms with Crippen molar-refractivity contribution in [1.82, 2.24) is 0 Å². The first-order valence-corrected chi connectivity index (χ1v) is 23.0. The largest absolute Gasteiger partial charge is 0.311 e. The van der Waals surface area contributed by atoms with E-state index < -0.39 is 0 Å². The SMILES string of the molecule is c1ccc(Sc2ccc3c(c2)c2cc(Sc4ccccc4)ccc2c2c(-c4ccccc4)c(-c4ccccc4)cc(-c4ccc(N(c5ccccc5)c5ccccc5)cc4)c32)cc1. The van der Waals surface area contributed by atoms with Gasteiger partial charge >= 0.3 is 0 Å². The van der Waals surface area contributed by atoms with Crippen LogP contribution in [-0.4, -0.2) is 0 Å². The normalized spacial score (nSPS) is 11.3. The molecule has 11 rings (SSSR count). The zero-order chi connectivity index (χ0) is 42.0. The number of hydrogen-bond acceptors (Lipinski definition) is 3. The Morgan fingerprint density at radius 2 is 0.651 bits per heavy atom. The van der Waals surface area contributed by atoms with Crippen molar-refractivity contribution < 1.29 is 0 Å². The number of nitrogens with zero attached hydrogens (tertiary/aromatic N) is 1. The van der Waals surface area contributed by atoms with Gasteiger partial charge in [0, 0.05) is 36.6 Å². The lowest BCUT2D eigenvalue weighted by Crippen LogP contribution is -2.09. The van der Waals surface area contributed by atoms with Crippen molar-refractivity contribution in [2.45, 2.75) is 19.6 Å². The highest BCUT2D eigenvalue weighted by Gasteiger charge is 2.23. The summed E-state index contributed by atoms with van der Waals surface area (Å²) in [5, 5.41) is 7.50. The van der Waals surface area contributed by atoms with Crippen LogP contribution >= 0.6 is 23.5 Å². The molecular weight excluding hydrogens is 799 g/mol. The highest BCUT2D eigenvalue weighted by Crippen LogP contribution is 2.50. The number of para-hydroxylation sites is 2. The van der Waals surface area contributed by atoms with Crippen molar-refractivity contribution in [3.63, 3.8) is 0 Å². The van der Waals surface area contributed by atoms with Crippen molar-refractivity contribution in [1.29, 1.82) is 0 Å². The summed E-state index contributed by atoms with van der Waals surface area (Å²) in [4.78, 5) is 7.21. The van der Waals surface area contributed by atoms with Crippen molar-refractivity contribution in [2.24, 2.45) is 0 Å². The molecule has 0 saturated carbocycles. The highest BCUT2D eigenvalue weighted by atomic mass is 32.2. The van der Waals surface area contributed by atoms with E-state index in [0.29, 0.717) is 0 Å². The van der Waals surface area contributed by atoms with Crippen LogP contribution in [0.25, 0.3) is 65.7 Å². The minimum Gasteiger partial charge on any atom is -0.311 e. The highest BCUT2D eigenvalue weighted by molar-refractivity contribution is 7.99. The molecule has 298 valence electrons. The van der Waals surface area contributed by atoms with Gasteiger partial charge < -0.3 is 4.90 Å². The summed E-state index contributed by atoms with van der Waals surface area (Å²) < 4.78 is 0. The number of benzene rings is 11. The van der Waals surface area contributed by atoms with E-state index in [-0.39, 0.29) is 0 Å². The van der Waals surface area contributed by atoms with Gasteiger partial charge in [-0.15, -0.1) is 0 Å². The lowest BCUT2D eigenvalue weighted by molar-refractivity contribution is 1.28. The Bertz CT molecular complexity index is 3300. The second-order valence-corrected chi connectivity index (χ2v) is 17.9. The molecule has 63 heavy (non-hydrogen) atoms. The molecule has 0 aromatic heterocycles. The van der Waals surface area contributed by atoms with E-state index in [1.54, 1.807) is 0 Å². The zero-order valence-electron chi connectivity index (χ0n) is 34.4. The summed E-state index contributed by atoms with van der Waals surface area (Å²) in [6.45, 7) is 0. The topological polar surface area (TPSA) is 3.24 Å². The van der Waals surface area contributed by atoms with Crippen LogP contribution in [0, 0.1) is 0 Å². The number of anilines is 3. The lowest BCUT2D eigenvalue weighted by atomic mass is 9.81. The molecule has 0 aliphatic heterocycles. The molecule has 11 aromatic rings. The van der Waals surface area contributed by atoms with Gasteiger partial charge in [0.25, 0.3) is 0 Å². The summed E-state index contributed by atoms with van der Waals surface area (Å²) in [5.74, 6) is 0. The number of hydrogen-bond donors (Lipinski definition) is 0. The maximum absolute atomic E-state index is 2.46. The van der Waals surface area contributed by atoms with Crippen molar-refractivity contribution in [3.8, 4) is 33.4 Å². The molecule has 0 N–H and O–H groups in total. The number of fused-ring (bicyclic) bond motifs is 6. The third-order valence-corrected chi connectivity index (χ3v) is 13.7. The predicted molar refractivity (Wildman–Crippen MR) is 271 cm³/mol. The Hall–Kier alpha value is -7.30. The quantitative estimate of drug-likeness (QED) is 0.126. The van der Waals surface area contributed by atoms with E-state index >= 15 is 0 Å². The van der Waals surface area contributed by atoms with E-state index in [1.165, 1.54) is 85.3 Å². The molecule has 1 nitrogen and oxygen atoms in total. The molecule has 0 atom stereocenters. The molecule has 11 aromatic carbocycles. The van der Waals surface area contributed by atoms with E-state index in [0.717, 1.165) is 17.1 Å². The van der Waals surface area contributed by atoms with E-state index in [4.69, 9.17) is 0 Å². The Labute approximate surface area is 377 Å². The maximum atomic E-state index is 2.46. The lowest BCUT2D eigenvalue weighted by Gasteiger charge is -2.26. The first kappa shape index (κ1) is 38.6. The van der Waals surface area contributed by atoms with E-state index in [1.807, 2.05) is 23.5 Å². The average Bonchev–Trinajstić information content (AvgIpc) is 3.35. The first-order chi connectivity index (χ1) is 31.2. The van der Waals surface area contributed by atoms with Gasteiger partial charge in [0.15, 0.2) is 0 Å². The van der Waals surface area contributed by atoms with Crippen LogP contribution < -0.4 is 4.90 Å². The van der Waals surface area contributed by atoms with E-state index in [9.17, 15) is 0 Å². The molecule has 0 aliphatic rings. The van der Waals surface area contributed by atoms with Gasteiger partial charge in [-0.1, -0.05) is 181 Å². The van der Waals surface area contributed by atoms with E-state index in [2.05, 4.69) is 254 Å². The summed E-state index contributed by atoms with van der Waals surface area (Å²) in [6, 6.07) is 90.4. The molecule has 0 bridgehead atoms. The summed E-state index contributed by atoms with van der Waals surface area (Å²) >= 11 is 3.63. The van der Waals surface area contributed by atoms with Gasteiger partial charge in [0.1, 0.15) is 0 Å². The molecule has 0 radical (unpaired) electrons. The second kappa shape index (κ2) is 17.2. The van der Waals surface area contributed by atoms with Crippen LogP contribution in [0.15, 0.2) is 268 Å². The van der Waals surface area contributed by atoms with Crippen LogP contribution in [0.2, 0.25) is 0 Å². The Balaban J connectivity index is 1.22. The monoisotopic (exact) mass is 839 g/mol.